The summed E-state index contributed by atoms with van der Waals surface area (Å²) in [5, 5.41) is 12.4. The molecule has 162 valence electrons. The molecule has 6 nitrogen and oxygen atoms in total. The number of hydrogen-bond donors (Lipinski definition) is 1. The number of hydrogen-bond acceptors (Lipinski definition) is 5. The highest BCUT2D eigenvalue weighted by molar-refractivity contribution is 6.02. The molecule has 0 bridgehead atoms. The lowest BCUT2D eigenvalue weighted by Crippen LogP contribution is -2.27. The molecule has 3 aromatic carbocycles. The molecule has 5 rings (SSSR count). The zero-order valence-electron chi connectivity index (χ0n) is 17.9. The van der Waals surface area contributed by atoms with Crippen LogP contribution in [0, 0.1) is 18.3 Å². The highest BCUT2D eigenvalue weighted by atomic mass is 16.7. The van der Waals surface area contributed by atoms with Crippen molar-refractivity contribution >= 4 is 11.6 Å². The number of nitrogens with one attached hydrogen (secondary N) is 1. The van der Waals surface area contributed by atoms with Crippen LogP contribution in [0.2, 0.25) is 0 Å². The maximum Gasteiger partial charge on any atom is 0.235 e. The SMILES string of the molecule is COc1ccc(C#N)cc1-c1cc(NC(=O)C2(c3ccc4c(c3)OCO4)CC2)ccc1C.[HH]. The Labute approximate surface area is 187 Å². The Bertz CT molecular complexity index is 1280. The zero-order valence-corrected chi connectivity index (χ0v) is 17.9. The van der Waals surface area contributed by atoms with Crippen molar-refractivity contribution < 1.29 is 20.4 Å². The monoisotopic (exact) mass is 428 g/mol. The van der Waals surface area contributed by atoms with E-state index >= 15 is 0 Å². The quantitative estimate of drug-likeness (QED) is 0.605. The first-order chi connectivity index (χ1) is 15.5. The average molecular weight is 428 g/mol. The van der Waals surface area contributed by atoms with Gasteiger partial charge in [-0.2, -0.15) is 5.26 Å². The minimum Gasteiger partial charge on any atom is -0.496 e. The van der Waals surface area contributed by atoms with Crippen LogP contribution in [0.1, 0.15) is 31.0 Å². The van der Waals surface area contributed by atoms with E-state index in [0.717, 1.165) is 35.1 Å². The maximum absolute atomic E-state index is 13.3. The number of ether oxygens (including phenoxy) is 3. The lowest BCUT2D eigenvalue weighted by molar-refractivity contribution is -0.118. The van der Waals surface area contributed by atoms with Gasteiger partial charge < -0.3 is 19.5 Å². The molecule has 0 saturated heterocycles. The summed E-state index contributed by atoms with van der Waals surface area (Å²) < 4.78 is 16.4. The Morgan fingerprint density at radius 2 is 1.88 bits per heavy atom. The number of methoxy groups -OCH3 is 1. The molecule has 1 saturated carbocycles. The number of amides is 1. The first-order valence-electron chi connectivity index (χ1n) is 10.4. The second-order valence-electron chi connectivity index (χ2n) is 8.16. The molecule has 1 amide bonds. The van der Waals surface area contributed by atoms with Gasteiger partial charge in [0.1, 0.15) is 5.75 Å². The van der Waals surface area contributed by atoms with Gasteiger partial charge in [-0.15, -0.1) is 0 Å². The molecule has 0 unspecified atom stereocenters. The van der Waals surface area contributed by atoms with Crippen molar-refractivity contribution in [2.45, 2.75) is 25.2 Å². The summed E-state index contributed by atoms with van der Waals surface area (Å²) in [4.78, 5) is 13.3. The first kappa shape index (κ1) is 20.0. The molecular formula is C26H24N2O4. The number of carbonyl (C=O) groups excluding carboxylic acids is 1. The zero-order chi connectivity index (χ0) is 22.3. The number of aryl methyl sites for hydroxylation is 1. The van der Waals surface area contributed by atoms with Crippen molar-refractivity contribution in [3.63, 3.8) is 0 Å². The van der Waals surface area contributed by atoms with E-state index in [1.165, 1.54) is 0 Å². The maximum atomic E-state index is 13.3. The van der Waals surface area contributed by atoms with Crippen LogP contribution in [0.5, 0.6) is 17.2 Å². The number of benzene rings is 3. The van der Waals surface area contributed by atoms with Gasteiger partial charge >= 0.3 is 0 Å². The van der Waals surface area contributed by atoms with Crippen molar-refractivity contribution in [3.8, 4) is 34.4 Å². The molecule has 0 radical (unpaired) electrons. The fourth-order valence-electron chi connectivity index (χ4n) is 4.19. The van der Waals surface area contributed by atoms with Crippen LogP contribution >= 0.6 is 0 Å². The van der Waals surface area contributed by atoms with E-state index in [1.54, 1.807) is 19.2 Å². The number of nitriles is 1. The van der Waals surface area contributed by atoms with Crippen molar-refractivity contribution in [1.82, 2.24) is 0 Å². The molecule has 1 aliphatic heterocycles. The van der Waals surface area contributed by atoms with Gasteiger partial charge in [0.15, 0.2) is 11.5 Å². The Kier molecular flexibility index (Phi) is 4.75. The molecule has 0 aromatic heterocycles. The molecule has 1 heterocycles. The van der Waals surface area contributed by atoms with Crippen LogP contribution in [-0.4, -0.2) is 19.8 Å². The van der Waals surface area contributed by atoms with E-state index in [1.807, 2.05) is 49.4 Å². The fourth-order valence-corrected chi connectivity index (χ4v) is 4.19. The van der Waals surface area contributed by atoms with Crippen molar-refractivity contribution in [2.75, 3.05) is 19.2 Å². The summed E-state index contributed by atoms with van der Waals surface area (Å²) in [6.07, 6.45) is 1.57. The van der Waals surface area contributed by atoms with E-state index in [-0.39, 0.29) is 14.1 Å². The first-order valence-corrected chi connectivity index (χ1v) is 10.4. The molecular weight excluding hydrogens is 404 g/mol. The highest BCUT2D eigenvalue weighted by Crippen LogP contribution is 2.51. The van der Waals surface area contributed by atoms with Gasteiger partial charge in [-0.1, -0.05) is 12.1 Å². The largest absolute Gasteiger partial charge is 0.496 e. The summed E-state index contributed by atoms with van der Waals surface area (Å²) in [5.41, 5.74) is 4.39. The molecule has 1 aliphatic carbocycles. The Balaban J connectivity index is 0.00000259. The van der Waals surface area contributed by atoms with Crippen molar-refractivity contribution in [2.24, 2.45) is 0 Å². The minimum atomic E-state index is -0.551. The van der Waals surface area contributed by atoms with Gasteiger partial charge in [0, 0.05) is 12.7 Å². The van der Waals surface area contributed by atoms with Crippen LogP contribution < -0.4 is 19.5 Å². The number of rotatable bonds is 5. The molecule has 32 heavy (non-hydrogen) atoms. The number of nitrogens with zero attached hydrogens (tertiary/aromatic N) is 1. The average Bonchev–Trinajstić information content (AvgIpc) is 3.50. The van der Waals surface area contributed by atoms with E-state index < -0.39 is 5.41 Å². The van der Waals surface area contributed by atoms with E-state index in [9.17, 15) is 10.1 Å². The van der Waals surface area contributed by atoms with Crippen LogP contribution in [0.25, 0.3) is 11.1 Å². The summed E-state index contributed by atoms with van der Waals surface area (Å²) >= 11 is 0. The topological polar surface area (TPSA) is 80.6 Å². The lowest BCUT2D eigenvalue weighted by Gasteiger charge is -2.18. The summed E-state index contributed by atoms with van der Waals surface area (Å²) in [5.74, 6) is 2.03. The van der Waals surface area contributed by atoms with Gasteiger partial charge in [0.25, 0.3) is 0 Å². The Morgan fingerprint density at radius 3 is 2.62 bits per heavy atom. The van der Waals surface area contributed by atoms with Gasteiger partial charge in [-0.25, -0.2) is 0 Å². The molecule has 3 aromatic rings. The second-order valence-corrected chi connectivity index (χ2v) is 8.16. The lowest BCUT2D eigenvalue weighted by atomic mass is 9.94. The third kappa shape index (κ3) is 3.32. The molecule has 1 fully saturated rings. The normalized spacial score (nSPS) is 15.0. The predicted molar refractivity (Wildman–Crippen MR) is 122 cm³/mol. The third-order valence-corrected chi connectivity index (χ3v) is 6.22. The van der Waals surface area contributed by atoms with E-state index in [0.29, 0.717) is 28.5 Å². The summed E-state index contributed by atoms with van der Waals surface area (Å²) in [7, 11) is 1.61. The smallest absolute Gasteiger partial charge is 0.235 e. The van der Waals surface area contributed by atoms with Crippen LogP contribution in [0.4, 0.5) is 5.69 Å². The predicted octanol–water partition coefficient (Wildman–Crippen LogP) is 5.19. The van der Waals surface area contributed by atoms with Gasteiger partial charge in [0.05, 0.1) is 24.2 Å². The molecule has 2 aliphatic rings. The van der Waals surface area contributed by atoms with E-state index in [2.05, 4.69) is 11.4 Å². The van der Waals surface area contributed by atoms with Crippen molar-refractivity contribution in [3.05, 3.63) is 71.3 Å². The summed E-state index contributed by atoms with van der Waals surface area (Å²) in [6, 6.07) is 19.0. The van der Waals surface area contributed by atoms with Gasteiger partial charge in [-0.3, -0.25) is 4.79 Å². The Hall–Kier alpha value is -3.98. The van der Waals surface area contributed by atoms with Gasteiger partial charge in [-0.05, 0) is 78.9 Å². The standard InChI is InChI=1S/C26H22N2O4.H2/c1-16-3-6-19(13-20(16)21-11-17(14-27)4-7-22(21)30-2)28-25(29)26(9-10-26)18-5-8-23-24(12-18)32-15-31-23;/h3-8,11-13H,9-10,15H2,1-2H3,(H,28,29);1H. The number of fused-ring (bicyclic) bond motifs is 1. The third-order valence-electron chi connectivity index (χ3n) is 6.22. The van der Waals surface area contributed by atoms with E-state index in [4.69, 9.17) is 14.2 Å². The fraction of sp³-hybridized carbons (Fsp3) is 0.231. The molecule has 6 heteroatoms. The molecule has 0 spiro atoms. The number of carbonyl (C=O) groups is 1. The molecule has 0 atom stereocenters. The van der Waals surface area contributed by atoms with Crippen LogP contribution in [0.15, 0.2) is 54.6 Å². The van der Waals surface area contributed by atoms with Crippen LogP contribution in [0.3, 0.4) is 0 Å². The summed E-state index contributed by atoms with van der Waals surface area (Å²) in [6.45, 7) is 2.20. The van der Waals surface area contributed by atoms with Crippen molar-refractivity contribution in [1.29, 1.82) is 5.26 Å². The second kappa shape index (κ2) is 7.61. The number of anilines is 1. The highest BCUT2D eigenvalue weighted by Gasteiger charge is 2.51. The van der Waals surface area contributed by atoms with Crippen LogP contribution in [-0.2, 0) is 10.2 Å². The minimum absolute atomic E-state index is 0. The van der Waals surface area contributed by atoms with Gasteiger partial charge in [0.2, 0.25) is 12.7 Å². The Morgan fingerprint density at radius 1 is 1.06 bits per heavy atom. The molecule has 1 N–H and O–H groups in total.